The van der Waals surface area contributed by atoms with E-state index in [1.807, 2.05) is 11.8 Å². The third-order valence-electron chi connectivity index (χ3n) is 5.94. The van der Waals surface area contributed by atoms with Gasteiger partial charge in [0.1, 0.15) is 0 Å². The fourth-order valence-electron chi connectivity index (χ4n) is 4.34. The quantitative estimate of drug-likeness (QED) is 0.798. The predicted molar refractivity (Wildman–Crippen MR) is 89.1 cm³/mol. The molecule has 126 valence electrons. The number of carbonyl (C=O) groups excluding carboxylic acids is 1. The highest BCUT2D eigenvalue weighted by Crippen LogP contribution is 2.45. The van der Waals surface area contributed by atoms with E-state index in [0.29, 0.717) is 23.2 Å². The van der Waals surface area contributed by atoms with Gasteiger partial charge < -0.3 is 14.4 Å². The second-order valence-electron chi connectivity index (χ2n) is 7.05. The minimum atomic E-state index is 0.291. The fourth-order valence-corrected chi connectivity index (χ4v) is 5.45. The van der Waals surface area contributed by atoms with Gasteiger partial charge in [0.2, 0.25) is 5.91 Å². The summed E-state index contributed by atoms with van der Waals surface area (Å²) in [5.41, 5.74) is 0.341. The molecule has 0 bridgehead atoms. The van der Waals surface area contributed by atoms with Gasteiger partial charge in [0.25, 0.3) is 0 Å². The normalized spacial score (nSPS) is 29.7. The van der Waals surface area contributed by atoms with Crippen LogP contribution >= 0.6 is 11.8 Å². The summed E-state index contributed by atoms with van der Waals surface area (Å²) in [5.74, 6) is 3.52. The van der Waals surface area contributed by atoms with E-state index in [4.69, 9.17) is 9.47 Å². The van der Waals surface area contributed by atoms with Crippen molar-refractivity contribution in [2.75, 3.05) is 51.5 Å². The van der Waals surface area contributed by atoms with E-state index in [9.17, 15) is 4.79 Å². The van der Waals surface area contributed by atoms with Crippen LogP contribution in [0.15, 0.2) is 0 Å². The van der Waals surface area contributed by atoms with Crippen LogP contribution in [0.25, 0.3) is 0 Å². The standard InChI is InChI=1S/C17H29NO3S/c1-20-12-15-13-21-9-6-17(15)4-7-18(8-5-17)16(19)14-2-10-22-11-3-14/h14-15H,2-13H2,1H3/t15-/m1/s1. The van der Waals surface area contributed by atoms with Crippen molar-refractivity contribution in [1.82, 2.24) is 4.90 Å². The van der Waals surface area contributed by atoms with E-state index in [1.54, 1.807) is 7.11 Å². The summed E-state index contributed by atoms with van der Waals surface area (Å²) in [6.45, 7) is 4.34. The monoisotopic (exact) mass is 327 g/mol. The first-order chi connectivity index (χ1) is 10.7. The van der Waals surface area contributed by atoms with E-state index >= 15 is 0 Å². The molecule has 0 unspecified atom stereocenters. The lowest BCUT2D eigenvalue weighted by Gasteiger charge is -2.49. The molecule has 3 aliphatic rings. The molecule has 3 aliphatic heterocycles. The SMILES string of the molecule is COC[C@@H]1COCCC12CCN(C(=O)C1CCSCC1)CC2. The lowest BCUT2D eigenvalue weighted by molar-refractivity contribution is -0.142. The van der Waals surface area contributed by atoms with E-state index < -0.39 is 0 Å². The van der Waals surface area contributed by atoms with Crippen LogP contribution in [0.2, 0.25) is 0 Å². The Morgan fingerprint density at radius 3 is 2.68 bits per heavy atom. The van der Waals surface area contributed by atoms with Crippen molar-refractivity contribution in [2.24, 2.45) is 17.3 Å². The molecule has 0 N–H and O–H groups in total. The Morgan fingerprint density at radius 1 is 1.27 bits per heavy atom. The molecule has 4 nitrogen and oxygen atoms in total. The van der Waals surface area contributed by atoms with Gasteiger partial charge in [-0.15, -0.1) is 0 Å². The Bertz CT molecular complexity index is 374. The second-order valence-corrected chi connectivity index (χ2v) is 8.28. The number of hydrogen-bond acceptors (Lipinski definition) is 4. The van der Waals surface area contributed by atoms with Crippen LogP contribution in [0.3, 0.4) is 0 Å². The summed E-state index contributed by atoms with van der Waals surface area (Å²) >= 11 is 1.99. The molecule has 3 fully saturated rings. The number of rotatable bonds is 3. The number of ether oxygens (including phenoxy) is 2. The maximum absolute atomic E-state index is 12.7. The first-order valence-corrected chi connectivity index (χ1v) is 9.84. The Kier molecular flexibility index (Phi) is 5.69. The lowest BCUT2D eigenvalue weighted by atomic mass is 9.66. The summed E-state index contributed by atoms with van der Waals surface area (Å²) in [7, 11) is 1.78. The van der Waals surface area contributed by atoms with Crippen LogP contribution < -0.4 is 0 Å². The average molecular weight is 327 g/mol. The lowest BCUT2D eigenvalue weighted by Crippen LogP contribution is -2.51. The first-order valence-electron chi connectivity index (χ1n) is 8.68. The number of methoxy groups -OCH3 is 1. The number of thioether (sulfide) groups is 1. The molecule has 5 heteroatoms. The number of nitrogens with zero attached hydrogens (tertiary/aromatic N) is 1. The van der Waals surface area contributed by atoms with Gasteiger partial charge in [-0.1, -0.05) is 0 Å². The molecule has 0 aromatic carbocycles. The van der Waals surface area contributed by atoms with Gasteiger partial charge in [-0.2, -0.15) is 11.8 Å². The van der Waals surface area contributed by atoms with Crippen LogP contribution in [0, 0.1) is 17.3 Å². The molecule has 0 radical (unpaired) electrons. The van der Waals surface area contributed by atoms with Gasteiger partial charge in [-0.05, 0) is 49.0 Å². The summed E-state index contributed by atoms with van der Waals surface area (Å²) in [5, 5.41) is 0. The van der Waals surface area contributed by atoms with E-state index in [0.717, 1.165) is 76.5 Å². The summed E-state index contributed by atoms with van der Waals surface area (Å²) in [4.78, 5) is 14.8. The molecule has 3 rings (SSSR count). The number of likely N-dealkylation sites (tertiary alicyclic amines) is 1. The maximum atomic E-state index is 12.7. The Morgan fingerprint density at radius 2 is 2.00 bits per heavy atom. The molecular weight excluding hydrogens is 298 g/mol. The first kappa shape index (κ1) is 16.6. The Labute approximate surface area is 138 Å². The smallest absolute Gasteiger partial charge is 0.225 e. The number of piperidine rings is 1. The van der Waals surface area contributed by atoms with Crippen LogP contribution in [0.1, 0.15) is 32.1 Å². The minimum Gasteiger partial charge on any atom is -0.384 e. The van der Waals surface area contributed by atoms with Gasteiger partial charge in [-0.25, -0.2) is 0 Å². The third kappa shape index (κ3) is 3.46. The highest BCUT2D eigenvalue weighted by molar-refractivity contribution is 7.99. The largest absolute Gasteiger partial charge is 0.384 e. The summed E-state index contributed by atoms with van der Waals surface area (Å²) in [6.07, 6.45) is 5.52. The van der Waals surface area contributed by atoms with Gasteiger partial charge in [-0.3, -0.25) is 4.79 Å². The molecule has 1 spiro atoms. The van der Waals surface area contributed by atoms with Crippen LogP contribution in [0.4, 0.5) is 0 Å². The zero-order valence-electron chi connectivity index (χ0n) is 13.7. The van der Waals surface area contributed by atoms with Gasteiger partial charge in [0, 0.05) is 38.6 Å². The molecule has 1 atom stereocenters. The van der Waals surface area contributed by atoms with Crippen molar-refractivity contribution in [3.63, 3.8) is 0 Å². The van der Waals surface area contributed by atoms with Gasteiger partial charge in [0.05, 0.1) is 13.2 Å². The van der Waals surface area contributed by atoms with E-state index in [2.05, 4.69) is 4.90 Å². The maximum Gasteiger partial charge on any atom is 0.225 e. The molecule has 1 amide bonds. The number of carbonyl (C=O) groups is 1. The second kappa shape index (κ2) is 7.54. The highest BCUT2D eigenvalue weighted by Gasteiger charge is 2.44. The molecular formula is C17H29NO3S. The fraction of sp³-hybridized carbons (Fsp3) is 0.941. The molecule has 0 aliphatic carbocycles. The van der Waals surface area contributed by atoms with Crippen molar-refractivity contribution in [2.45, 2.75) is 32.1 Å². The summed E-state index contributed by atoms with van der Waals surface area (Å²) in [6, 6.07) is 0. The van der Waals surface area contributed by atoms with E-state index in [1.165, 1.54) is 0 Å². The molecule has 0 aromatic rings. The zero-order chi connectivity index (χ0) is 15.4. The van der Waals surface area contributed by atoms with Gasteiger partial charge >= 0.3 is 0 Å². The number of hydrogen-bond donors (Lipinski definition) is 0. The van der Waals surface area contributed by atoms with Crippen molar-refractivity contribution in [3.05, 3.63) is 0 Å². The Hall–Kier alpha value is -0.260. The van der Waals surface area contributed by atoms with Gasteiger partial charge in [0.15, 0.2) is 0 Å². The minimum absolute atomic E-state index is 0.291. The zero-order valence-corrected chi connectivity index (χ0v) is 14.5. The van der Waals surface area contributed by atoms with Crippen molar-refractivity contribution in [1.29, 1.82) is 0 Å². The summed E-state index contributed by atoms with van der Waals surface area (Å²) < 4.78 is 11.1. The van der Waals surface area contributed by atoms with Crippen molar-refractivity contribution < 1.29 is 14.3 Å². The molecule has 22 heavy (non-hydrogen) atoms. The molecule has 0 saturated carbocycles. The topological polar surface area (TPSA) is 38.8 Å². The Balaban J connectivity index is 1.57. The van der Waals surface area contributed by atoms with Crippen LogP contribution in [0.5, 0.6) is 0 Å². The van der Waals surface area contributed by atoms with Crippen LogP contribution in [-0.4, -0.2) is 62.3 Å². The van der Waals surface area contributed by atoms with Crippen LogP contribution in [-0.2, 0) is 14.3 Å². The molecule has 3 heterocycles. The molecule has 3 saturated heterocycles. The average Bonchev–Trinajstić information content (AvgIpc) is 2.58. The van der Waals surface area contributed by atoms with Crippen molar-refractivity contribution in [3.8, 4) is 0 Å². The number of amides is 1. The highest BCUT2D eigenvalue weighted by atomic mass is 32.2. The third-order valence-corrected chi connectivity index (χ3v) is 6.99. The van der Waals surface area contributed by atoms with E-state index in [-0.39, 0.29) is 0 Å². The van der Waals surface area contributed by atoms with Crippen molar-refractivity contribution >= 4 is 17.7 Å². The molecule has 0 aromatic heterocycles. The predicted octanol–water partition coefficient (Wildman–Crippen LogP) is 2.42.